The summed E-state index contributed by atoms with van der Waals surface area (Å²) in [6, 6.07) is 0. The van der Waals surface area contributed by atoms with Crippen LogP contribution < -0.4 is 0 Å². The molecule has 0 aromatic carbocycles. The van der Waals surface area contributed by atoms with Crippen molar-refractivity contribution in [2.45, 2.75) is 261 Å². The molecule has 0 unspecified atom stereocenters. The van der Waals surface area contributed by atoms with E-state index in [1.54, 1.807) is 0 Å². The van der Waals surface area contributed by atoms with E-state index >= 15 is 0 Å². The van der Waals surface area contributed by atoms with Crippen molar-refractivity contribution in [2.75, 3.05) is 65.9 Å². The Morgan fingerprint density at radius 2 is 0.652 bits per heavy atom. The summed E-state index contributed by atoms with van der Waals surface area (Å²) in [5, 5.41) is 9.69. The van der Waals surface area contributed by atoms with Gasteiger partial charge in [-0.15, -0.1) is 0 Å². The second-order valence-corrected chi connectivity index (χ2v) is 19.5. The van der Waals surface area contributed by atoms with Gasteiger partial charge in [0.05, 0.1) is 19.8 Å². The molecule has 0 radical (unpaired) electrons. The fraction of sp³-hybridized carbons (Fsp3) is 0.964. The topological polar surface area (TPSA) is 113 Å². The molecule has 0 spiro atoms. The Morgan fingerprint density at radius 3 is 0.909 bits per heavy atom. The van der Waals surface area contributed by atoms with Gasteiger partial charge in [0.2, 0.25) is 0 Å². The van der Waals surface area contributed by atoms with Gasteiger partial charge in [-0.05, 0) is 88.1 Å². The van der Waals surface area contributed by atoms with Crippen LogP contribution >= 0.6 is 0 Å². The van der Waals surface area contributed by atoms with Crippen LogP contribution in [0.1, 0.15) is 248 Å². The van der Waals surface area contributed by atoms with Crippen LogP contribution in [0, 0.1) is 23.7 Å². The summed E-state index contributed by atoms with van der Waals surface area (Å²) in [7, 11) is 0. The molecule has 0 aliphatic carbocycles. The summed E-state index contributed by atoms with van der Waals surface area (Å²) in [5.41, 5.74) is 0. The van der Waals surface area contributed by atoms with Crippen LogP contribution in [0.2, 0.25) is 0 Å². The molecule has 10 nitrogen and oxygen atoms in total. The zero-order chi connectivity index (χ0) is 48.7. The number of esters is 2. The van der Waals surface area contributed by atoms with Gasteiger partial charge in [-0.1, -0.05) is 171 Å². The fourth-order valence-corrected chi connectivity index (χ4v) is 9.61. The van der Waals surface area contributed by atoms with Gasteiger partial charge in [-0.3, -0.25) is 9.59 Å². The molecular weight excluding hydrogens is 831 g/mol. The van der Waals surface area contributed by atoms with Gasteiger partial charge in [0.25, 0.3) is 0 Å². The maximum Gasteiger partial charge on any atom is 0.305 e. The molecule has 0 aliphatic heterocycles. The lowest BCUT2D eigenvalue weighted by atomic mass is 9.95. The lowest BCUT2D eigenvalue weighted by Gasteiger charge is -2.22. The second kappa shape index (κ2) is 48.7. The van der Waals surface area contributed by atoms with E-state index in [0.717, 1.165) is 77.3 Å². The molecule has 0 heterocycles. The molecule has 0 saturated carbocycles. The van der Waals surface area contributed by atoms with E-state index in [2.05, 4.69) is 60.3 Å². The number of aliphatic hydroxyl groups is 1. The minimum Gasteiger partial charge on any atom is -0.465 e. The van der Waals surface area contributed by atoms with E-state index in [4.69, 9.17) is 28.4 Å². The molecule has 0 aliphatic rings. The first kappa shape index (κ1) is 64.7. The highest BCUT2D eigenvalue weighted by molar-refractivity contribution is 5.69. The molecule has 0 fully saturated rings. The lowest BCUT2D eigenvalue weighted by molar-refractivity contribution is -0.164. The van der Waals surface area contributed by atoms with Crippen LogP contribution in [0.15, 0.2) is 0 Å². The summed E-state index contributed by atoms with van der Waals surface area (Å²) in [5.74, 6) is 2.46. The Balaban J connectivity index is 4.59. The number of carbonyl (C=O) groups excluding carboxylic acids is 2. The number of unbranched alkanes of at least 4 members (excludes halogenated alkanes) is 4. The lowest BCUT2D eigenvalue weighted by Crippen LogP contribution is -2.29. The molecule has 1 N–H and O–H groups in total. The average Bonchev–Trinajstić information content (AvgIpc) is 3.29. The van der Waals surface area contributed by atoms with Crippen molar-refractivity contribution in [1.82, 2.24) is 4.90 Å². The van der Waals surface area contributed by atoms with Crippen LogP contribution in [0.3, 0.4) is 0 Å². The van der Waals surface area contributed by atoms with E-state index in [0.29, 0.717) is 95.5 Å². The Kier molecular flexibility index (Phi) is 47.8. The molecule has 0 aromatic rings. The first-order valence-corrected chi connectivity index (χ1v) is 28.3. The van der Waals surface area contributed by atoms with E-state index in [1.807, 2.05) is 0 Å². The number of aliphatic hydroxyl groups excluding tert-OH is 1. The van der Waals surface area contributed by atoms with E-state index < -0.39 is 0 Å². The quantitative estimate of drug-likeness (QED) is 0.0359. The van der Waals surface area contributed by atoms with Crippen molar-refractivity contribution >= 4 is 11.9 Å². The highest BCUT2D eigenvalue weighted by Gasteiger charge is 2.18. The smallest absolute Gasteiger partial charge is 0.305 e. The highest BCUT2D eigenvalue weighted by atomic mass is 16.7. The summed E-state index contributed by atoms with van der Waals surface area (Å²) in [6.07, 6.45) is 30.3. The third-order valence-corrected chi connectivity index (χ3v) is 13.3. The van der Waals surface area contributed by atoms with Gasteiger partial charge in [0.15, 0.2) is 12.6 Å². The SMILES string of the molecule is CCCC(CCC)CCOC(CCOC(=O)CCCCCN(CCO)CCCCCC(=O)OCCC(OCCC(CCC)CCC)OCCC(CCC)CCC)OCCC(CCC)CCC. The van der Waals surface area contributed by atoms with Crippen LogP contribution in [0.25, 0.3) is 0 Å². The van der Waals surface area contributed by atoms with Crippen molar-refractivity contribution in [2.24, 2.45) is 23.7 Å². The molecule has 0 saturated heterocycles. The Hall–Kier alpha value is -1.30. The van der Waals surface area contributed by atoms with E-state index in [1.165, 1.54) is 103 Å². The summed E-state index contributed by atoms with van der Waals surface area (Å²) in [6.45, 7) is 23.9. The van der Waals surface area contributed by atoms with Crippen molar-refractivity contribution in [1.29, 1.82) is 0 Å². The summed E-state index contributed by atoms with van der Waals surface area (Å²) in [4.78, 5) is 27.6. The molecule has 66 heavy (non-hydrogen) atoms. The van der Waals surface area contributed by atoms with Gasteiger partial charge in [-0.25, -0.2) is 0 Å². The van der Waals surface area contributed by atoms with E-state index in [9.17, 15) is 14.7 Å². The average molecular weight is 943 g/mol. The zero-order valence-electron chi connectivity index (χ0n) is 44.9. The summed E-state index contributed by atoms with van der Waals surface area (Å²) >= 11 is 0. The number of carbonyl (C=O) groups is 2. The van der Waals surface area contributed by atoms with Gasteiger partial charge >= 0.3 is 11.9 Å². The largest absolute Gasteiger partial charge is 0.465 e. The second-order valence-electron chi connectivity index (χ2n) is 19.5. The highest BCUT2D eigenvalue weighted by Crippen LogP contribution is 2.22. The number of nitrogens with zero attached hydrogens (tertiary/aromatic N) is 1. The Morgan fingerprint density at radius 1 is 0.364 bits per heavy atom. The molecule has 0 atom stereocenters. The van der Waals surface area contributed by atoms with E-state index in [-0.39, 0.29) is 31.1 Å². The summed E-state index contributed by atoms with van der Waals surface area (Å²) < 4.78 is 36.4. The van der Waals surface area contributed by atoms with Crippen molar-refractivity contribution < 1.29 is 43.1 Å². The molecule has 0 amide bonds. The zero-order valence-corrected chi connectivity index (χ0v) is 44.9. The Bertz CT molecular complexity index is 889. The third kappa shape index (κ3) is 39.5. The molecule has 10 heteroatoms. The predicted molar refractivity (Wildman–Crippen MR) is 275 cm³/mol. The Labute approximate surface area is 408 Å². The van der Waals surface area contributed by atoms with Gasteiger partial charge in [0, 0.05) is 58.7 Å². The van der Waals surface area contributed by atoms with Crippen LogP contribution in [-0.4, -0.2) is 100 Å². The number of hydrogen-bond acceptors (Lipinski definition) is 10. The van der Waals surface area contributed by atoms with Gasteiger partial charge in [0.1, 0.15) is 0 Å². The number of hydrogen-bond donors (Lipinski definition) is 1. The number of ether oxygens (including phenoxy) is 6. The van der Waals surface area contributed by atoms with Crippen LogP contribution in [0.4, 0.5) is 0 Å². The predicted octanol–water partition coefficient (Wildman–Crippen LogP) is 14.4. The number of rotatable bonds is 52. The molecule has 0 bridgehead atoms. The van der Waals surface area contributed by atoms with Crippen molar-refractivity contribution in [3.05, 3.63) is 0 Å². The first-order chi connectivity index (χ1) is 32.2. The molecular formula is C56H111NO9. The third-order valence-electron chi connectivity index (χ3n) is 13.3. The standard InChI is InChI=1S/C56H111NO9/c1-9-23-49(24-10-2)33-43-63-55(64-44-34-50(25-11-3)26-12-4)37-47-61-53(59)31-19-17-21-39-57(41-42-58)40-22-18-20-32-54(60)62-48-38-56(65-45-35-51(27-13-5)28-14-6)66-46-36-52(29-15-7)30-16-8/h49-52,55-56,58H,9-48H2,1-8H3. The van der Waals surface area contributed by atoms with Crippen molar-refractivity contribution in [3.8, 4) is 0 Å². The molecule has 0 aromatic heterocycles. The van der Waals surface area contributed by atoms with Gasteiger partial charge < -0.3 is 38.4 Å². The van der Waals surface area contributed by atoms with Crippen LogP contribution in [-0.2, 0) is 38.0 Å². The van der Waals surface area contributed by atoms with Gasteiger partial charge in [-0.2, -0.15) is 0 Å². The minimum atomic E-state index is -0.340. The first-order valence-electron chi connectivity index (χ1n) is 28.3. The molecule has 394 valence electrons. The minimum absolute atomic E-state index is 0.119. The fourth-order valence-electron chi connectivity index (χ4n) is 9.61. The monoisotopic (exact) mass is 942 g/mol. The maximum atomic E-state index is 12.7. The molecule has 0 rings (SSSR count). The van der Waals surface area contributed by atoms with Crippen molar-refractivity contribution in [3.63, 3.8) is 0 Å². The maximum absolute atomic E-state index is 12.7. The normalized spacial score (nSPS) is 12.1. The van der Waals surface area contributed by atoms with Crippen LogP contribution in [0.5, 0.6) is 0 Å².